The zero-order valence-electron chi connectivity index (χ0n) is 17.3. The number of aliphatic hydroxyl groups excluding tert-OH is 1. The predicted octanol–water partition coefficient (Wildman–Crippen LogP) is 3.91. The Morgan fingerprint density at radius 2 is 1.71 bits per heavy atom. The SMILES string of the molecule is CCC[C@@H](C(=O)NCCO)N1C(=O)CO[C@H](c2ccc(Cl)cc2)[C@@H]1c1ccc(Cl)cc1. The Labute approximate surface area is 192 Å². The molecule has 0 spiro atoms. The molecule has 1 aliphatic rings. The maximum absolute atomic E-state index is 13.1. The van der Waals surface area contributed by atoms with Crippen LogP contribution in [0, 0.1) is 0 Å². The van der Waals surface area contributed by atoms with Crippen molar-refractivity contribution >= 4 is 35.0 Å². The van der Waals surface area contributed by atoms with Crippen molar-refractivity contribution in [3.8, 4) is 0 Å². The number of hydrogen-bond donors (Lipinski definition) is 2. The number of nitrogens with one attached hydrogen (secondary N) is 1. The Morgan fingerprint density at radius 1 is 1.13 bits per heavy atom. The second-order valence-electron chi connectivity index (χ2n) is 7.40. The molecule has 3 atom stereocenters. The average Bonchev–Trinajstić information content (AvgIpc) is 2.77. The smallest absolute Gasteiger partial charge is 0.249 e. The third-order valence-corrected chi connectivity index (χ3v) is 5.79. The minimum Gasteiger partial charge on any atom is -0.395 e. The standard InChI is InChI=1S/C23H26Cl2N2O4/c1-2-3-19(23(30)26-12-13-28)27-20(29)14-31-22(16-6-10-18(25)11-7-16)21(27)15-4-8-17(24)9-5-15/h4-11,19,21-22,28H,2-3,12-14H2,1H3,(H,26,30)/t19-,21-,22+/m0/s1. The number of carbonyl (C=O) groups is 2. The summed E-state index contributed by atoms with van der Waals surface area (Å²) >= 11 is 12.2. The largest absolute Gasteiger partial charge is 0.395 e. The maximum atomic E-state index is 13.1. The van der Waals surface area contributed by atoms with E-state index in [-0.39, 0.29) is 31.6 Å². The van der Waals surface area contributed by atoms with Gasteiger partial charge in [-0.15, -0.1) is 0 Å². The highest BCUT2D eigenvalue weighted by atomic mass is 35.5. The van der Waals surface area contributed by atoms with Gasteiger partial charge in [0, 0.05) is 16.6 Å². The molecule has 1 fully saturated rings. The highest BCUT2D eigenvalue weighted by Gasteiger charge is 2.43. The fraction of sp³-hybridized carbons (Fsp3) is 0.391. The Balaban J connectivity index is 2.07. The maximum Gasteiger partial charge on any atom is 0.249 e. The predicted molar refractivity (Wildman–Crippen MR) is 120 cm³/mol. The zero-order valence-corrected chi connectivity index (χ0v) is 18.8. The van der Waals surface area contributed by atoms with Crippen molar-refractivity contribution in [2.24, 2.45) is 0 Å². The summed E-state index contributed by atoms with van der Waals surface area (Å²) in [6.45, 7) is 1.79. The Kier molecular flexibility index (Phi) is 8.32. The van der Waals surface area contributed by atoms with Crippen molar-refractivity contribution in [3.05, 3.63) is 69.7 Å². The number of ether oxygens (including phenoxy) is 1. The highest BCUT2D eigenvalue weighted by molar-refractivity contribution is 6.30. The van der Waals surface area contributed by atoms with Crippen molar-refractivity contribution in [1.29, 1.82) is 0 Å². The van der Waals surface area contributed by atoms with Crippen LogP contribution in [-0.4, -0.2) is 47.6 Å². The number of aliphatic hydroxyl groups is 1. The molecule has 3 rings (SSSR count). The average molecular weight is 465 g/mol. The van der Waals surface area contributed by atoms with Gasteiger partial charge in [0.15, 0.2) is 0 Å². The minimum absolute atomic E-state index is 0.129. The van der Waals surface area contributed by atoms with Crippen molar-refractivity contribution < 1.29 is 19.4 Å². The molecule has 2 aromatic carbocycles. The number of rotatable bonds is 8. The van der Waals surface area contributed by atoms with Crippen LogP contribution in [0.4, 0.5) is 0 Å². The molecule has 1 heterocycles. The van der Waals surface area contributed by atoms with Crippen LogP contribution in [0.1, 0.15) is 43.0 Å². The van der Waals surface area contributed by atoms with E-state index >= 15 is 0 Å². The Bertz CT molecular complexity index is 889. The molecule has 166 valence electrons. The molecule has 0 unspecified atom stereocenters. The lowest BCUT2D eigenvalue weighted by molar-refractivity contribution is -0.167. The van der Waals surface area contributed by atoms with E-state index in [1.807, 2.05) is 31.2 Å². The van der Waals surface area contributed by atoms with Gasteiger partial charge in [-0.05, 0) is 41.8 Å². The molecule has 1 aliphatic heterocycles. The molecule has 2 N–H and O–H groups in total. The van der Waals surface area contributed by atoms with Gasteiger partial charge < -0.3 is 20.1 Å². The molecule has 8 heteroatoms. The second kappa shape index (κ2) is 11.0. The van der Waals surface area contributed by atoms with Crippen molar-refractivity contribution in [2.45, 2.75) is 38.0 Å². The molecular formula is C23H26Cl2N2O4. The molecule has 2 aromatic rings. The van der Waals surface area contributed by atoms with Crippen LogP contribution in [0.3, 0.4) is 0 Å². The van der Waals surface area contributed by atoms with E-state index in [9.17, 15) is 9.59 Å². The first kappa shape index (κ1) is 23.5. The van der Waals surface area contributed by atoms with E-state index in [1.54, 1.807) is 29.2 Å². The molecule has 0 saturated carbocycles. The van der Waals surface area contributed by atoms with Gasteiger partial charge in [-0.25, -0.2) is 0 Å². The van der Waals surface area contributed by atoms with E-state index in [4.69, 9.17) is 33.0 Å². The van der Waals surface area contributed by atoms with Crippen molar-refractivity contribution in [1.82, 2.24) is 10.2 Å². The van der Waals surface area contributed by atoms with Gasteiger partial charge in [0.1, 0.15) is 18.8 Å². The first-order valence-corrected chi connectivity index (χ1v) is 11.0. The Morgan fingerprint density at radius 3 is 2.26 bits per heavy atom. The van der Waals surface area contributed by atoms with E-state index in [2.05, 4.69) is 5.32 Å². The van der Waals surface area contributed by atoms with E-state index in [0.29, 0.717) is 22.9 Å². The topological polar surface area (TPSA) is 78.9 Å². The monoisotopic (exact) mass is 464 g/mol. The Hall–Kier alpha value is -2.12. The molecule has 0 aromatic heterocycles. The first-order chi connectivity index (χ1) is 15.0. The summed E-state index contributed by atoms with van der Waals surface area (Å²) in [5, 5.41) is 13.0. The summed E-state index contributed by atoms with van der Waals surface area (Å²) in [6, 6.07) is 13.3. The van der Waals surface area contributed by atoms with Gasteiger partial charge in [0.25, 0.3) is 0 Å². The molecule has 0 radical (unpaired) electrons. The van der Waals surface area contributed by atoms with Crippen LogP contribution in [0.25, 0.3) is 0 Å². The molecule has 1 saturated heterocycles. The van der Waals surface area contributed by atoms with Crippen LogP contribution >= 0.6 is 23.2 Å². The summed E-state index contributed by atoms with van der Waals surface area (Å²) in [7, 11) is 0. The van der Waals surface area contributed by atoms with E-state index in [0.717, 1.165) is 11.1 Å². The normalized spacial score (nSPS) is 19.9. The number of amides is 2. The molecule has 0 bridgehead atoms. The highest BCUT2D eigenvalue weighted by Crippen LogP contribution is 2.42. The quantitative estimate of drug-likeness (QED) is 0.620. The molecule has 6 nitrogen and oxygen atoms in total. The lowest BCUT2D eigenvalue weighted by Gasteiger charge is -2.45. The molecule has 0 aliphatic carbocycles. The second-order valence-corrected chi connectivity index (χ2v) is 8.27. The van der Waals surface area contributed by atoms with Crippen LogP contribution < -0.4 is 5.32 Å². The summed E-state index contributed by atoms with van der Waals surface area (Å²) < 4.78 is 5.99. The summed E-state index contributed by atoms with van der Waals surface area (Å²) in [4.78, 5) is 27.7. The van der Waals surface area contributed by atoms with Crippen LogP contribution in [0.5, 0.6) is 0 Å². The summed E-state index contributed by atoms with van der Waals surface area (Å²) in [5.74, 6) is -0.553. The van der Waals surface area contributed by atoms with Crippen LogP contribution in [0.15, 0.2) is 48.5 Å². The zero-order chi connectivity index (χ0) is 22.4. The van der Waals surface area contributed by atoms with Gasteiger partial charge in [-0.3, -0.25) is 9.59 Å². The summed E-state index contributed by atoms with van der Waals surface area (Å²) in [6.07, 6.45) is 0.711. The fourth-order valence-corrected chi connectivity index (χ4v) is 4.14. The van der Waals surface area contributed by atoms with Gasteiger partial charge >= 0.3 is 0 Å². The molecule has 2 amide bonds. The van der Waals surface area contributed by atoms with E-state index < -0.39 is 18.2 Å². The fourth-order valence-electron chi connectivity index (χ4n) is 3.89. The number of halogens is 2. The van der Waals surface area contributed by atoms with Gasteiger partial charge in [-0.1, -0.05) is 60.8 Å². The third kappa shape index (κ3) is 5.57. The number of morpholine rings is 1. The lowest BCUT2D eigenvalue weighted by atomic mass is 9.90. The first-order valence-electron chi connectivity index (χ1n) is 10.3. The third-order valence-electron chi connectivity index (χ3n) is 5.28. The number of hydrogen-bond acceptors (Lipinski definition) is 4. The molecule has 31 heavy (non-hydrogen) atoms. The summed E-state index contributed by atoms with van der Waals surface area (Å²) in [5.41, 5.74) is 1.67. The number of benzene rings is 2. The van der Waals surface area contributed by atoms with Gasteiger partial charge in [-0.2, -0.15) is 0 Å². The number of carbonyl (C=O) groups excluding carboxylic acids is 2. The minimum atomic E-state index is -0.691. The number of nitrogens with zero attached hydrogens (tertiary/aromatic N) is 1. The lowest BCUT2D eigenvalue weighted by Crippen LogP contribution is -2.56. The van der Waals surface area contributed by atoms with Crippen molar-refractivity contribution in [3.63, 3.8) is 0 Å². The van der Waals surface area contributed by atoms with Crippen LogP contribution in [0.2, 0.25) is 10.0 Å². The van der Waals surface area contributed by atoms with Gasteiger partial charge in [0.05, 0.1) is 12.6 Å². The molecular weight excluding hydrogens is 439 g/mol. The van der Waals surface area contributed by atoms with Crippen molar-refractivity contribution in [2.75, 3.05) is 19.8 Å². The van der Waals surface area contributed by atoms with Crippen LogP contribution in [-0.2, 0) is 14.3 Å². The van der Waals surface area contributed by atoms with Gasteiger partial charge in [0.2, 0.25) is 11.8 Å². The van der Waals surface area contributed by atoms with E-state index in [1.165, 1.54) is 0 Å².